The van der Waals surface area contributed by atoms with E-state index < -0.39 is 10.0 Å². The van der Waals surface area contributed by atoms with Crippen molar-refractivity contribution >= 4 is 27.2 Å². The summed E-state index contributed by atoms with van der Waals surface area (Å²) >= 11 is 4.85. The van der Waals surface area contributed by atoms with Gasteiger partial charge in [-0.15, -0.1) is 0 Å². The fourth-order valence-electron chi connectivity index (χ4n) is 2.39. The van der Waals surface area contributed by atoms with E-state index in [9.17, 15) is 8.42 Å². The molecule has 0 aromatic heterocycles. The highest BCUT2D eigenvalue weighted by Gasteiger charge is 2.32. The molecule has 7 heteroatoms. The van der Waals surface area contributed by atoms with Crippen LogP contribution in [0, 0.1) is 0 Å². The number of sulfonamides is 1. The van der Waals surface area contributed by atoms with Crippen molar-refractivity contribution in [3.63, 3.8) is 0 Å². The molecule has 0 radical (unpaired) electrons. The molecule has 1 aliphatic heterocycles. The minimum Gasteiger partial charge on any atom is -0.393 e. The van der Waals surface area contributed by atoms with Gasteiger partial charge in [0.25, 0.3) is 0 Å². The summed E-state index contributed by atoms with van der Waals surface area (Å²) in [5, 5.41) is 0. The molecule has 5 nitrogen and oxygen atoms in total. The van der Waals surface area contributed by atoms with Crippen LogP contribution in [-0.2, 0) is 21.2 Å². The minimum atomic E-state index is -3.48. The van der Waals surface area contributed by atoms with Crippen molar-refractivity contribution in [3.05, 3.63) is 29.8 Å². The Bertz CT molecular complexity index is 599. The summed E-state index contributed by atoms with van der Waals surface area (Å²) in [6.07, 6.45) is 1.21. The first-order valence-corrected chi connectivity index (χ1v) is 8.76. The van der Waals surface area contributed by atoms with Gasteiger partial charge < -0.3 is 10.5 Å². The van der Waals surface area contributed by atoms with Crippen molar-refractivity contribution < 1.29 is 13.2 Å². The van der Waals surface area contributed by atoms with E-state index in [1.807, 2.05) is 6.92 Å². The molecule has 1 fully saturated rings. The number of hydrogen-bond acceptors (Lipinski definition) is 4. The zero-order valence-electron chi connectivity index (χ0n) is 12.0. The molecule has 1 aliphatic rings. The maximum absolute atomic E-state index is 12.7. The highest BCUT2D eigenvalue weighted by molar-refractivity contribution is 7.89. The average molecular weight is 328 g/mol. The first-order chi connectivity index (χ1) is 9.95. The second-order valence-corrected chi connectivity index (χ2v) is 7.45. The number of ether oxygens (including phenoxy) is 1. The van der Waals surface area contributed by atoms with Crippen LogP contribution in [0.25, 0.3) is 0 Å². The van der Waals surface area contributed by atoms with Crippen LogP contribution < -0.4 is 5.73 Å². The van der Waals surface area contributed by atoms with E-state index in [1.54, 1.807) is 28.6 Å². The quantitative estimate of drug-likeness (QED) is 0.825. The van der Waals surface area contributed by atoms with Crippen LogP contribution in [0.5, 0.6) is 0 Å². The SMILES string of the molecule is CCC1COCCN1S(=O)(=O)c1ccc(CC(N)=S)cc1. The molecule has 2 rings (SSSR count). The lowest BCUT2D eigenvalue weighted by molar-refractivity contribution is 0.0314. The topological polar surface area (TPSA) is 72.6 Å². The van der Waals surface area contributed by atoms with Gasteiger partial charge in [-0.3, -0.25) is 0 Å². The lowest BCUT2D eigenvalue weighted by atomic mass is 10.1. The Labute approximate surface area is 131 Å². The molecule has 1 unspecified atom stereocenters. The van der Waals surface area contributed by atoms with Gasteiger partial charge in [-0.05, 0) is 24.1 Å². The molecule has 21 heavy (non-hydrogen) atoms. The molecular formula is C14H20N2O3S2. The Morgan fingerprint density at radius 2 is 2.10 bits per heavy atom. The minimum absolute atomic E-state index is 0.0972. The van der Waals surface area contributed by atoms with Crippen molar-refractivity contribution in [2.75, 3.05) is 19.8 Å². The summed E-state index contributed by atoms with van der Waals surface area (Å²) in [5.41, 5.74) is 6.40. The summed E-state index contributed by atoms with van der Waals surface area (Å²) in [6, 6.07) is 6.65. The van der Waals surface area contributed by atoms with E-state index in [0.717, 1.165) is 12.0 Å². The maximum Gasteiger partial charge on any atom is 0.243 e. The lowest BCUT2D eigenvalue weighted by Gasteiger charge is -2.34. The van der Waals surface area contributed by atoms with Gasteiger partial charge >= 0.3 is 0 Å². The number of nitrogens with zero attached hydrogens (tertiary/aromatic N) is 1. The molecule has 116 valence electrons. The van der Waals surface area contributed by atoms with Crippen LogP contribution in [0.1, 0.15) is 18.9 Å². The summed E-state index contributed by atoms with van der Waals surface area (Å²) < 4.78 is 32.3. The third kappa shape index (κ3) is 3.79. The van der Waals surface area contributed by atoms with Gasteiger partial charge in [0, 0.05) is 19.0 Å². The van der Waals surface area contributed by atoms with Crippen molar-refractivity contribution in [2.45, 2.75) is 30.7 Å². The van der Waals surface area contributed by atoms with E-state index in [0.29, 0.717) is 36.1 Å². The Morgan fingerprint density at radius 3 is 2.67 bits per heavy atom. The van der Waals surface area contributed by atoms with Gasteiger partial charge in [-0.25, -0.2) is 8.42 Å². The largest absolute Gasteiger partial charge is 0.393 e. The van der Waals surface area contributed by atoms with Crippen molar-refractivity contribution in [3.8, 4) is 0 Å². The monoisotopic (exact) mass is 328 g/mol. The number of thiocarbonyl (C=S) groups is 1. The second kappa shape index (κ2) is 6.83. The Kier molecular flexibility index (Phi) is 5.32. The molecule has 0 amide bonds. The van der Waals surface area contributed by atoms with Crippen LogP contribution >= 0.6 is 12.2 Å². The molecule has 0 aliphatic carbocycles. The van der Waals surface area contributed by atoms with Gasteiger partial charge in [0.2, 0.25) is 10.0 Å². The standard InChI is InChI=1S/C14H20N2O3S2/c1-2-12-10-19-8-7-16(12)21(17,18)13-5-3-11(4-6-13)9-14(15)20/h3-6,12H,2,7-10H2,1H3,(H2,15,20). The molecule has 1 heterocycles. The molecule has 1 aromatic carbocycles. The van der Waals surface area contributed by atoms with E-state index in [-0.39, 0.29) is 6.04 Å². The van der Waals surface area contributed by atoms with Crippen LogP contribution in [0.3, 0.4) is 0 Å². The zero-order valence-corrected chi connectivity index (χ0v) is 13.6. The Morgan fingerprint density at radius 1 is 1.43 bits per heavy atom. The molecule has 0 saturated carbocycles. The summed E-state index contributed by atoms with van der Waals surface area (Å²) in [6.45, 7) is 3.26. The van der Waals surface area contributed by atoms with E-state index in [2.05, 4.69) is 0 Å². The number of morpholine rings is 1. The third-order valence-corrected chi connectivity index (χ3v) is 5.66. The summed E-state index contributed by atoms with van der Waals surface area (Å²) in [7, 11) is -3.48. The highest BCUT2D eigenvalue weighted by Crippen LogP contribution is 2.22. The number of benzene rings is 1. The van der Waals surface area contributed by atoms with Crippen molar-refractivity contribution in [1.29, 1.82) is 0 Å². The fraction of sp³-hybridized carbons (Fsp3) is 0.500. The number of nitrogens with two attached hydrogens (primary N) is 1. The van der Waals surface area contributed by atoms with Gasteiger partial charge in [-0.1, -0.05) is 31.3 Å². The van der Waals surface area contributed by atoms with Crippen molar-refractivity contribution in [1.82, 2.24) is 4.31 Å². The predicted molar refractivity (Wildman–Crippen MR) is 85.7 cm³/mol. The zero-order chi connectivity index (χ0) is 15.5. The van der Waals surface area contributed by atoms with E-state index in [4.69, 9.17) is 22.7 Å². The van der Waals surface area contributed by atoms with E-state index >= 15 is 0 Å². The molecule has 0 bridgehead atoms. The first-order valence-electron chi connectivity index (χ1n) is 6.92. The summed E-state index contributed by atoms with van der Waals surface area (Å²) in [4.78, 5) is 0.694. The molecule has 1 atom stereocenters. The predicted octanol–water partition coefficient (Wildman–Crippen LogP) is 1.31. The Hall–Kier alpha value is -1.02. The lowest BCUT2D eigenvalue weighted by Crippen LogP contribution is -2.48. The average Bonchev–Trinajstić information content (AvgIpc) is 2.47. The second-order valence-electron chi connectivity index (χ2n) is 5.04. The van der Waals surface area contributed by atoms with Crippen LogP contribution in [0.15, 0.2) is 29.2 Å². The van der Waals surface area contributed by atoms with Gasteiger partial charge in [0.1, 0.15) is 0 Å². The highest BCUT2D eigenvalue weighted by atomic mass is 32.2. The van der Waals surface area contributed by atoms with Gasteiger partial charge in [0.05, 0.1) is 23.1 Å². The van der Waals surface area contributed by atoms with Crippen LogP contribution in [0.2, 0.25) is 0 Å². The van der Waals surface area contributed by atoms with Crippen molar-refractivity contribution in [2.24, 2.45) is 5.73 Å². The first kappa shape index (κ1) is 16.4. The smallest absolute Gasteiger partial charge is 0.243 e. The van der Waals surface area contributed by atoms with E-state index in [1.165, 1.54) is 0 Å². The molecule has 2 N–H and O–H groups in total. The maximum atomic E-state index is 12.7. The van der Waals surface area contributed by atoms with Crippen LogP contribution in [0.4, 0.5) is 0 Å². The molecule has 1 saturated heterocycles. The molecule has 1 aromatic rings. The fourth-order valence-corrected chi connectivity index (χ4v) is 4.23. The normalized spacial score (nSPS) is 20.3. The molecule has 0 spiro atoms. The number of rotatable bonds is 5. The van der Waals surface area contributed by atoms with Gasteiger partial charge in [0.15, 0.2) is 0 Å². The Balaban J connectivity index is 2.24. The molecular weight excluding hydrogens is 308 g/mol. The third-order valence-electron chi connectivity index (χ3n) is 3.55. The van der Waals surface area contributed by atoms with Crippen LogP contribution in [-0.4, -0.2) is 43.5 Å². The van der Waals surface area contributed by atoms with Gasteiger partial charge in [-0.2, -0.15) is 4.31 Å². The number of hydrogen-bond donors (Lipinski definition) is 1. The summed E-state index contributed by atoms with van der Waals surface area (Å²) in [5.74, 6) is 0.